The van der Waals surface area contributed by atoms with Gasteiger partial charge in [0.15, 0.2) is 16.6 Å². The van der Waals surface area contributed by atoms with E-state index in [1.165, 1.54) is 52.3 Å². The largest absolute Gasteiger partial charge is 0.416 e. The van der Waals surface area contributed by atoms with Crippen LogP contribution in [0.4, 0.5) is 8.78 Å². The van der Waals surface area contributed by atoms with Crippen LogP contribution in [0, 0.1) is 34.3 Å². The van der Waals surface area contributed by atoms with Gasteiger partial charge in [-0.15, -0.1) is 11.8 Å². The summed E-state index contributed by atoms with van der Waals surface area (Å²) >= 11 is 1.92. The molecular formula is C55H76F2N6O5S2Si2. The van der Waals surface area contributed by atoms with Gasteiger partial charge in [0.25, 0.3) is 10.1 Å². The molecule has 2 aromatic carbocycles. The Bertz CT molecular complexity index is 2900. The first-order chi connectivity index (χ1) is 33.6. The van der Waals surface area contributed by atoms with Gasteiger partial charge >= 0.3 is 0 Å². The minimum Gasteiger partial charge on any atom is -0.416 e. The van der Waals surface area contributed by atoms with Crippen LogP contribution in [0.15, 0.2) is 89.4 Å². The van der Waals surface area contributed by atoms with Crippen LogP contribution in [0.5, 0.6) is 0 Å². The lowest BCUT2D eigenvalue weighted by atomic mass is 9.62. The van der Waals surface area contributed by atoms with E-state index < -0.39 is 26.8 Å². The molecule has 0 aliphatic heterocycles. The highest BCUT2D eigenvalue weighted by atomic mass is 32.2. The topological polar surface area (TPSA) is 115 Å². The lowest BCUT2D eigenvalue weighted by molar-refractivity contribution is 0.0906. The Morgan fingerprint density at radius 3 is 1.56 bits per heavy atom. The fraction of sp³-hybridized carbons (Fsp3) is 0.545. The van der Waals surface area contributed by atoms with Crippen molar-refractivity contribution in [1.82, 2.24) is 29.3 Å². The standard InChI is InChI=1S/C29H39FN4OSSi.C26H37FN2O4SSi/c1-28(2,3)37(5,6)35-20-29-14-21(19-36-26-17-31-33(4)18-26)7-8-23(29)13-27-22(15-29)16-32-34(27)25-11-9-24(30)10-12-25;1-25(2,3)35(5,6)33-18-26-14-19(17-32-34(4,30)31)7-8-21(26)13-24-20(15-26)16-28-29(24)23-11-9-22(27)10-12-23/h9-13,16-18,21H,7-8,14-15,19-20H2,1-6H3;9-13,16,19H,7-8,14-15,17-18H2,1-6H3/t21-,29-;19-,26-/m00/s1. The third-order valence-corrected chi connectivity index (χ3v) is 27.4. The number of halogens is 2. The van der Waals surface area contributed by atoms with E-state index in [1.807, 2.05) is 51.4 Å². The molecule has 2 fully saturated rings. The first-order valence-electron chi connectivity index (χ1n) is 25.5. The first-order valence-corrected chi connectivity index (χ1v) is 34.1. The van der Waals surface area contributed by atoms with Crippen LogP contribution in [0.3, 0.4) is 0 Å². The molecular weight excluding hydrogens is 983 g/mol. The van der Waals surface area contributed by atoms with E-state index in [9.17, 15) is 17.2 Å². The van der Waals surface area contributed by atoms with Crippen LogP contribution in [-0.2, 0) is 43.0 Å². The average Bonchev–Trinajstić information content (AvgIpc) is 4.04. The molecule has 0 bridgehead atoms. The number of benzene rings is 2. The molecule has 0 amide bonds. The van der Waals surface area contributed by atoms with Crippen LogP contribution < -0.4 is 0 Å². The number of thioether (sulfide) groups is 1. The van der Waals surface area contributed by atoms with Gasteiger partial charge in [-0.05, 0) is 171 Å². The molecule has 3 heterocycles. The molecule has 390 valence electrons. The molecule has 0 saturated heterocycles. The summed E-state index contributed by atoms with van der Waals surface area (Å²) in [7, 11) is -5.41. The maximum Gasteiger partial charge on any atom is 0.264 e. The van der Waals surface area contributed by atoms with E-state index in [0.717, 1.165) is 91.9 Å². The smallest absolute Gasteiger partial charge is 0.264 e. The zero-order valence-electron chi connectivity index (χ0n) is 44.5. The Morgan fingerprint density at radius 2 is 1.14 bits per heavy atom. The zero-order valence-corrected chi connectivity index (χ0v) is 48.2. The van der Waals surface area contributed by atoms with Crippen molar-refractivity contribution >= 4 is 50.7 Å². The van der Waals surface area contributed by atoms with Crippen molar-refractivity contribution in [3.05, 3.63) is 119 Å². The van der Waals surface area contributed by atoms with Crippen molar-refractivity contribution in [2.45, 2.75) is 134 Å². The van der Waals surface area contributed by atoms with Gasteiger partial charge in [-0.1, -0.05) is 52.7 Å². The van der Waals surface area contributed by atoms with E-state index in [2.05, 4.69) is 96.3 Å². The van der Waals surface area contributed by atoms with Crippen molar-refractivity contribution in [1.29, 1.82) is 0 Å². The molecule has 0 N–H and O–H groups in total. The number of aryl methyl sites for hydroxylation is 1. The second-order valence-electron chi connectivity index (χ2n) is 24.1. The van der Waals surface area contributed by atoms with E-state index in [0.29, 0.717) is 12.5 Å². The Labute approximate surface area is 433 Å². The quantitative estimate of drug-likeness (QED) is 0.0609. The van der Waals surface area contributed by atoms with Gasteiger partial charge in [0, 0.05) is 47.9 Å². The van der Waals surface area contributed by atoms with Gasteiger partial charge in [0.1, 0.15) is 11.6 Å². The van der Waals surface area contributed by atoms with Crippen molar-refractivity contribution in [2.24, 2.45) is 29.7 Å². The summed E-state index contributed by atoms with van der Waals surface area (Å²) in [5.74, 6) is 1.36. The zero-order chi connectivity index (χ0) is 52.1. The maximum atomic E-state index is 13.6. The number of hydrogen-bond donors (Lipinski definition) is 0. The summed E-state index contributed by atoms with van der Waals surface area (Å²) in [5.41, 5.74) is 8.85. The van der Waals surface area contributed by atoms with Crippen LogP contribution in [0.2, 0.25) is 36.3 Å². The Morgan fingerprint density at radius 1 is 0.694 bits per heavy atom. The average molecular weight is 1060 g/mol. The Kier molecular flexibility index (Phi) is 15.6. The predicted octanol–water partition coefficient (Wildman–Crippen LogP) is 13.0. The first kappa shape index (κ1) is 54.3. The molecule has 11 nitrogen and oxygen atoms in total. The molecule has 4 aliphatic carbocycles. The molecule has 0 radical (unpaired) electrons. The van der Waals surface area contributed by atoms with Crippen molar-refractivity contribution < 1.29 is 30.2 Å². The summed E-state index contributed by atoms with van der Waals surface area (Å²) < 4.78 is 74.9. The van der Waals surface area contributed by atoms with Crippen molar-refractivity contribution in [3.8, 4) is 11.4 Å². The normalized spacial score (nSPS) is 22.4. The minimum absolute atomic E-state index is 0.00239. The summed E-state index contributed by atoms with van der Waals surface area (Å²) in [6.07, 6.45) is 21.3. The van der Waals surface area contributed by atoms with Gasteiger partial charge in [0.2, 0.25) is 0 Å². The molecule has 5 aromatic rings. The van der Waals surface area contributed by atoms with Gasteiger partial charge < -0.3 is 8.85 Å². The number of rotatable bonds is 14. The van der Waals surface area contributed by atoms with Crippen molar-refractivity contribution in [3.63, 3.8) is 0 Å². The molecule has 9 rings (SSSR count). The third-order valence-electron chi connectivity index (χ3n) is 16.7. The SMILES string of the molecule is CC(C)(C)[Si](C)(C)OC[C@]12Cc3cnn(-c4ccc(F)cc4)c3C=C1CC[C@H](COS(C)(=O)=O)C2.Cn1cc(SC[C@H]2CCC3=Cc4c(cnn4-c4ccc(F)cc4)C[C@]3(CO[Si](C)(C)C(C)(C)C)C2)cn1. The van der Waals surface area contributed by atoms with Gasteiger partial charge in [0.05, 0.1) is 54.2 Å². The molecule has 2 saturated carbocycles. The highest BCUT2D eigenvalue weighted by molar-refractivity contribution is 7.99. The lowest BCUT2D eigenvalue weighted by Gasteiger charge is -2.48. The number of fused-ring (bicyclic) bond motifs is 4. The fourth-order valence-corrected chi connectivity index (χ4v) is 14.0. The van der Waals surface area contributed by atoms with E-state index in [1.54, 1.807) is 24.3 Å². The van der Waals surface area contributed by atoms with Gasteiger partial charge in [-0.25, -0.2) is 18.1 Å². The van der Waals surface area contributed by atoms with Gasteiger partial charge in [-0.2, -0.15) is 23.7 Å². The Hall–Kier alpha value is -3.98. The van der Waals surface area contributed by atoms with Crippen LogP contribution >= 0.6 is 11.8 Å². The molecule has 0 unspecified atom stereocenters. The highest BCUT2D eigenvalue weighted by Gasteiger charge is 2.48. The summed E-state index contributed by atoms with van der Waals surface area (Å²) in [5, 5.41) is 14.0. The summed E-state index contributed by atoms with van der Waals surface area (Å²) in [6, 6.07) is 13.0. The molecule has 3 aromatic heterocycles. The van der Waals surface area contributed by atoms with Crippen molar-refractivity contribution in [2.75, 3.05) is 31.8 Å². The molecule has 17 heteroatoms. The molecule has 0 spiro atoms. The summed E-state index contributed by atoms with van der Waals surface area (Å²) in [4.78, 5) is 1.24. The second-order valence-corrected chi connectivity index (χ2v) is 36.5. The molecule has 72 heavy (non-hydrogen) atoms. The number of nitrogens with zero attached hydrogens (tertiary/aromatic N) is 6. The van der Waals surface area contributed by atoms with Gasteiger partial charge in [-0.3, -0.25) is 8.86 Å². The maximum absolute atomic E-state index is 13.6. The van der Waals surface area contributed by atoms with Crippen LogP contribution in [-0.4, -0.2) is 86.2 Å². The molecule has 4 aliphatic rings. The lowest BCUT2D eigenvalue weighted by Crippen LogP contribution is -2.47. The monoisotopic (exact) mass is 1060 g/mol. The fourth-order valence-electron chi connectivity index (χ4n) is 10.3. The second kappa shape index (κ2) is 20.6. The Balaban J connectivity index is 0.000000193. The minimum atomic E-state index is -3.49. The van der Waals surface area contributed by atoms with E-state index in [-0.39, 0.29) is 45.1 Å². The summed E-state index contributed by atoms with van der Waals surface area (Å²) in [6.45, 7) is 24.5. The molecule has 4 atom stereocenters. The predicted molar refractivity (Wildman–Crippen MR) is 291 cm³/mol. The third kappa shape index (κ3) is 12.1. The van der Waals surface area contributed by atoms with E-state index >= 15 is 0 Å². The van der Waals surface area contributed by atoms with Crippen LogP contribution in [0.1, 0.15) is 103 Å². The van der Waals surface area contributed by atoms with Crippen LogP contribution in [0.25, 0.3) is 23.5 Å². The van der Waals surface area contributed by atoms with E-state index in [4.69, 9.17) is 18.1 Å². The number of hydrogen-bond acceptors (Lipinski definition) is 9. The highest BCUT2D eigenvalue weighted by Crippen LogP contribution is 2.54. The number of aromatic nitrogens is 6.